The van der Waals surface area contributed by atoms with E-state index in [9.17, 15) is 18.3 Å². The highest BCUT2D eigenvalue weighted by molar-refractivity contribution is 7.89. The van der Waals surface area contributed by atoms with Gasteiger partial charge in [0, 0.05) is 12.1 Å². The minimum Gasteiger partial charge on any atom is -0.454 e. The highest BCUT2D eigenvalue weighted by atomic mass is 32.2. The molecule has 0 aromatic heterocycles. The average Bonchev–Trinajstić information content (AvgIpc) is 3.28. The Hall–Kier alpha value is -2.66. The predicted molar refractivity (Wildman–Crippen MR) is 120 cm³/mol. The Kier molecular flexibility index (Phi) is 7.18. The molecule has 2 aromatic carbocycles. The topological polar surface area (TPSA) is 123 Å². The highest BCUT2D eigenvalue weighted by Crippen LogP contribution is 2.32. The van der Waals surface area contributed by atoms with E-state index in [4.69, 9.17) is 14.2 Å². The van der Waals surface area contributed by atoms with Gasteiger partial charge in [0.1, 0.15) is 0 Å². The fourth-order valence-corrected chi connectivity index (χ4v) is 5.25. The van der Waals surface area contributed by atoms with E-state index in [0.717, 1.165) is 5.56 Å². The Morgan fingerprint density at radius 2 is 1.85 bits per heavy atom. The minimum atomic E-state index is -3.72. The molecule has 1 fully saturated rings. The van der Waals surface area contributed by atoms with Gasteiger partial charge in [-0.1, -0.05) is 17.7 Å². The predicted octanol–water partition coefficient (Wildman–Crippen LogP) is 1.73. The summed E-state index contributed by atoms with van der Waals surface area (Å²) in [6, 6.07) is 11.1. The normalized spacial score (nSPS) is 22.2. The summed E-state index contributed by atoms with van der Waals surface area (Å²) in [6.07, 6.45) is 0.826. The van der Waals surface area contributed by atoms with Gasteiger partial charge in [0.15, 0.2) is 11.5 Å². The summed E-state index contributed by atoms with van der Waals surface area (Å²) < 4.78 is 44.5. The van der Waals surface area contributed by atoms with Gasteiger partial charge in [0.05, 0.1) is 29.8 Å². The Labute approximate surface area is 193 Å². The fourth-order valence-electron chi connectivity index (χ4n) is 3.95. The van der Waals surface area contributed by atoms with Crippen molar-refractivity contribution in [1.29, 1.82) is 0 Å². The lowest BCUT2D eigenvalue weighted by Gasteiger charge is -2.36. The molecule has 2 heterocycles. The second-order valence-corrected chi connectivity index (χ2v) is 9.92. The number of fused-ring (bicyclic) bond motifs is 1. The third kappa shape index (κ3) is 5.64. The number of ether oxygens (including phenoxy) is 3. The smallest absolute Gasteiger partial charge is 0.251 e. The number of aliphatic hydroxyl groups excluding tert-OH is 1. The molecule has 3 N–H and O–H groups in total. The molecule has 2 aromatic rings. The van der Waals surface area contributed by atoms with Gasteiger partial charge in [0.25, 0.3) is 5.91 Å². The van der Waals surface area contributed by atoms with Crippen molar-refractivity contribution in [2.45, 2.75) is 49.3 Å². The lowest BCUT2D eigenvalue weighted by Crippen LogP contribution is -2.51. The zero-order valence-corrected chi connectivity index (χ0v) is 19.1. The molecule has 4 rings (SSSR count). The van der Waals surface area contributed by atoms with Gasteiger partial charge in [-0.2, -0.15) is 0 Å². The van der Waals surface area contributed by atoms with Crippen molar-refractivity contribution in [2.24, 2.45) is 0 Å². The van der Waals surface area contributed by atoms with E-state index >= 15 is 0 Å². The van der Waals surface area contributed by atoms with Crippen molar-refractivity contribution in [1.82, 2.24) is 10.0 Å². The van der Waals surface area contributed by atoms with Crippen LogP contribution < -0.4 is 19.5 Å². The highest BCUT2D eigenvalue weighted by Gasteiger charge is 2.33. The van der Waals surface area contributed by atoms with Crippen LogP contribution in [0.2, 0.25) is 0 Å². The molecule has 0 radical (unpaired) electrons. The Morgan fingerprint density at radius 3 is 2.61 bits per heavy atom. The number of sulfonamides is 1. The van der Waals surface area contributed by atoms with Crippen LogP contribution in [-0.2, 0) is 14.8 Å². The SMILES string of the molecule is Cc1ccc(S(=O)(=O)N[C@@H]2CC[C@@H](CCNC(=O)c3ccc4c(c3)OCO4)O[C@H]2CO)cc1. The van der Waals surface area contributed by atoms with Crippen LogP contribution in [0.3, 0.4) is 0 Å². The van der Waals surface area contributed by atoms with E-state index < -0.39 is 22.2 Å². The van der Waals surface area contributed by atoms with Gasteiger partial charge in [-0.25, -0.2) is 13.1 Å². The first-order chi connectivity index (χ1) is 15.9. The van der Waals surface area contributed by atoms with E-state index in [1.54, 1.807) is 42.5 Å². The molecule has 178 valence electrons. The Bertz CT molecular complexity index is 1090. The number of carbonyl (C=O) groups excluding carboxylic acids is 1. The number of aryl methyl sites for hydroxylation is 1. The third-order valence-corrected chi connectivity index (χ3v) is 7.33. The van der Waals surface area contributed by atoms with E-state index in [1.165, 1.54) is 0 Å². The molecule has 33 heavy (non-hydrogen) atoms. The molecule has 1 amide bonds. The molecular formula is C23H28N2O7S. The second kappa shape index (κ2) is 10.1. The molecule has 10 heteroatoms. The molecule has 2 aliphatic rings. The van der Waals surface area contributed by atoms with E-state index in [0.29, 0.717) is 42.9 Å². The first kappa shape index (κ1) is 23.5. The van der Waals surface area contributed by atoms with Gasteiger partial charge < -0.3 is 24.6 Å². The lowest BCUT2D eigenvalue weighted by molar-refractivity contribution is -0.0871. The molecule has 0 bridgehead atoms. The summed E-state index contributed by atoms with van der Waals surface area (Å²) >= 11 is 0. The number of hydrogen-bond acceptors (Lipinski definition) is 7. The van der Waals surface area contributed by atoms with Crippen LogP contribution in [0.4, 0.5) is 0 Å². The summed E-state index contributed by atoms with van der Waals surface area (Å²) in [5, 5.41) is 12.6. The van der Waals surface area contributed by atoms with Crippen LogP contribution in [-0.4, -0.2) is 57.6 Å². The van der Waals surface area contributed by atoms with Crippen LogP contribution >= 0.6 is 0 Å². The number of hydrogen-bond donors (Lipinski definition) is 3. The molecule has 2 aliphatic heterocycles. The Balaban J connectivity index is 1.27. The lowest BCUT2D eigenvalue weighted by atomic mass is 9.98. The van der Waals surface area contributed by atoms with Crippen molar-refractivity contribution in [3.8, 4) is 11.5 Å². The maximum absolute atomic E-state index is 12.7. The van der Waals surface area contributed by atoms with E-state index in [-0.39, 0.29) is 30.3 Å². The molecule has 0 unspecified atom stereocenters. The largest absolute Gasteiger partial charge is 0.454 e. The first-order valence-corrected chi connectivity index (χ1v) is 12.4. The van der Waals surface area contributed by atoms with Gasteiger partial charge in [-0.15, -0.1) is 0 Å². The molecule has 0 spiro atoms. The fraction of sp³-hybridized carbons (Fsp3) is 0.435. The number of nitrogens with one attached hydrogen (secondary N) is 2. The number of rotatable bonds is 8. The minimum absolute atomic E-state index is 0.146. The summed E-state index contributed by atoms with van der Waals surface area (Å²) in [4.78, 5) is 12.6. The van der Waals surface area contributed by atoms with Crippen LogP contribution in [0.5, 0.6) is 11.5 Å². The van der Waals surface area contributed by atoms with Gasteiger partial charge >= 0.3 is 0 Å². The van der Waals surface area contributed by atoms with Crippen molar-refractivity contribution >= 4 is 15.9 Å². The third-order valence-electron chi connectivity index (χ3n) is 5.82. The summed E-state index contributed by atoms with van der Waals surface area (Å²) in [5.41, 5.74) is 1.44. The molecule has 0 aliphatic carbocycles. The zero-order valence-electron chi connectivity index (χ0n) is 18.3. The van der Waals surface area contributed by atoms with Crippen LogP contribution in [0.25, 0.3) is 0 Å². The van der Waals surface area contributed by atoms with E-state index in [2.05, 4.69) is 10.0 Å². The van der Waals surface area contributed by atoms with Gasteiger partial charge in [-0.3, -0.25) is 4.79 Å². The summed E-state index contributed by atoms with van der Waals surface area (Å²) in [6.45, 7) is 2.11. The second-order valence-electron chi connectivity index (χ2n) is 8.21. The van der Waals surface area contributed by atoms with E-state index in [1.807, 2.05) is 6.92 Å². The Morgan fingerprint density at radius 1 is 1.09 bits per heavy atom. The number of carbonyl (C=O) groups is 1. The number of benzene rings is 2. The van der Waals surface area contributed by atoms with Crippen molar-refractivity contribution in [3.05, 3.63) is 53.6 Å². The average molecular weight is 477 g/mol. The molecule has 0 saturated carbocycles. The van der Waals surface area contributed by atoms with Crippen LogP contribution in [0.1, 0.15) is 35.2 Å². The van der Waals surface area contributed by atoms with Crippen LogP contribution in [0, 0.1) is 6.92 Å². The quantitative estimate of drug-likeness (QED) is 0.530. The maximum Gasteiger partial charge on any atom is 0.251 e. The number of amides is 1. The molecular weight excluding hydrogens is 448 g/mol. The van der Waals surface area contributed by atoms with Crippen molar-refractivity contribution < 1.29 is 32.5 Å². The molecule has 3 atom stereocenters. The molecule has 9 nitrogen and oxygen atoms in total. The summed E-state index contributed by atoms with van der Waals surface area (Å²) in [7, 11) is -3.72. The van der Waals surface area contributed by atoms with Crippen molar-refractivity contribution in [3.63, 3.8) is 0 Å². The van der Waals surface area contributed by atoms with Crippen molar-refractivity contribution in [2.75, 3.05) is 19.9 Å². The standard InChI is InChI=1S/C23H28N2O7S/c1-15-2-6-18(7-3-15)33(28,29)25-19-8-5-17(32-22(19)13-26)10-11-24-23(27)16-4-9-20-21(12-16)31-14-30-20/h2-4,6-7,9,12,17,19,22,25-26H,5,8,10-11,13-14H2,1H3,(H,24,27)/t17-,19+,22-/m0/s1. The van der Waals surface area contributed by atoms with Gasteiger partial charge in [-0.05, 0) is 56.5 Å². The molecule has 1 saturated heterocycles. The van der Waals surface area contributed by atoms with Crippen LogP contribution in [0.15, 0.2) is 47.4 Å². The maximum atomic E-state index is 12.7. The summed E-state index contributed by atoms with van der Waals surface area (Å²) in [5.74, 6) is 0.930. The zero-order chi connectivity index (χ0) is 23.4. The first-order valence-electron chi connectivity index (χ1n) is 10.9. The van der Waals surface area contributed by atoms with Gasteiger partial charge in [0.2, 0.25) is 16.8 Å². The number of aliphatic hydroxyl groups is 1. The monoisotopic (exact) mass is 476 g/mol.